The molecule has 0 saturated heterocycles. The van der Waals surface area contributed by atoms with Gasteiger partial charge in [0.15, 0.2) is 6.17 Å². The van der Waals surface area contributed by atoms with Crippen LogP contribution in [0.5, 0.6) is 0 Å². The summed E-state index contributed by atoms with van der Waals surface area (Å²) in [5.74, 6) is -3.35. The molecule has 1 aromatic rings. The molecule has 0 aliphatic carbocycles. The summed E-state index contributed by atoms with van der Waals surface area (Å²) >= 11 is 0. The minimum absolute atomic E-state index is 0.0833. The molecule has 33 heavy (non-hydrogen) atoms. The third-order valence-corrected chi connectivity index (χ3v) is 6.11. The minimum Gasteiger partial charge on any atom is -0.387 e. The van der Waals surface area contributed by atoms with Crippen LogP contribution in [-0.2, 0) is 25.4 Å². The largest absolute Gasteiger partial charge is 0.387 e. The molecular formula is C20H21F5N6O2. The Balaban J connectivity index is 1.55. The van der Waals surface area contributed by atoms with Gasteiger partial charge in [-0.1, -0.05) is 0 Å². The zero-order chi connectivity index (χ0) is 24.0. The van der Waals surface area contributed by atoms with Crippen molar-refractivity contribution in [2.24, 2.45) is 4.99 Å². The number of hydrogen-bond donors (Lipinski definition) is 2. The van der Waals surface area contributed by atoms with Gasteiger partial charge in [-0.15, -0.1) is 0 Å². The Labute approximate surface area is 185 Å². The molecule has 0 bridgehead atoms. The summed E-state index contributed by atoms with van der Waals surface area (Å²) in [4.78, 5) is 17.2. The number of nitrogens with one attached hydrogen (secondary N) is 1. The Morgan fingerprint density at radius 1 is 1.39 bits per heavy atom. The van der Waals surface area contributed by atoms with E-state index in [1.807, 2.05) is 6.07 Å². The van der Waals surface area contributed by atoms with Crippen molar-refractivity contribution in [1.82, 2.24) is 20.0 Å². The van der Waals surface area contributed by atoms with E-state index in [9.17, 15) is 23.1 Å². The summed E-state index contributed by atoms with van der Waals surface area (Å²) < 4.78 is 71.2. The fourth-order valence-electron chi connectivity index (χ4n) is 4.36. The van der Waals surface area contributed by atoms with E-state index >= 15 is 8.78 Å². The number of fused-ring (bicyclic) bond motifs is 3. The first-order valence-corrected chi connectivity index (χ1v) is 10.3. The summed E-state index contributed by atoms with van der Waals surface area (Å²) in [5, 5.41) is 26.0. The molecule has 13 heteroatoms. The lowest BCUT2D eigenvalue weighted by Gasteiger charge is -2.30. The number of carbonyl (C=O) groups excluding carboxylic acids is 1. The van der Waals surface area contributed by atoms with Crippen molar-refractivity contribution in [2.45, 2.75) is 68.9 Å². The van der Waals surface area contributed by atoms with Crippen LogP contribution in [-0.4, -0.2) is 62.8 Å². The summed E-state index contributed by atoms with van der Waals surface area (Å²) in [7, 11) is 0. The average molecular weight is 472 g/mol. The average Bonchev–Trinajstić information content (AvgIpc) is 3.06. The van der Waals surface area contributed by atoms with Gasteiger partial charge in [0.1, 0.15) is 11.7 Å². The fourth-order valence-corrected chi connectivity index (χ4v) is 4.36. The molecular weight excluding hydrogens is 451 g/mol. The lowest BCUT2D eigenvalue weighted by atomic mass is 9.93. The Morgan fingerprint density at radius 3 is 2.85 bits per heavy atom. The van der Waals surface area contributed by atoms with Crippen molar-refractivity contribution >= 4 is 12.2 Å². The zero-order valence-corrected chi connectivity index (χ0v) is 17.3. The smallest absolute Gasteiger partial charge is 0.322 e. The lowest BCUT2D eigenvalue weighted by Crippen LogP contribution is -2.46. The second-order valence-corrected chi connectivity index (χ2v) is 8.44. The van der Waals surface area contributed by atoms with Crippen LogP contribution in [0.1, 0.15) is 36.2 Å². The van der Waals surface area contributed by atoms with Gasteiger partial charge in [-0.25, -0.2) is 18.0 Å². The number of aliphatic hydroxyl groups is 1. The van der Waals surface area contributed by atoms with Gasteiger partial charge < -0.3 is 15.3 Å². The molecule has 2 N–H and O–H groups in total. The highest BCUT2D eigenvalue weighted by Gasteiger charge is 2.47. The quantitative estimate of drug-likeness (QED) is 0.659. The predicted octanol–water partition coefficient (Wildman–Crippen LogP) is 2.42. The Morgan fingerprint density at radius 2 is 2.15 bits per heavy atom. The second kappa shape index (κ2) is 8.40. The van der Waals surface area contributed by atoms with Gasteiger partial charge in [-0.3, -0.25) is 9.67 Å². The van der Waals surface area contributed by atoms with Crippen LogP contribution in [0.3, 0.4) is 0 Å². The molecule has 4 heterocycles. The summed E-state index contributed by atoms with van der Waals surface area (Å²) in [5.41, 5.74) is -1.98. The highest BCUT2D eigenvalue weighted by molar-refractivity contribution is 5.80. The maximum atomic E-state index is 15.0. The molecule has 178 valence electrons. The second-order valence-electron chi connectivity index (χ2n) is 8.44. The van der Waals surface area contributed by atoms with E-state index in [4.69, 9.17) is 5.26 Å². The van der Waals surface area contributed by atoms with Crippen LogP contribution in [0.2, 0.25) is 0 Å². The maximum Gasteiger partial charge on any atom is 0.322 e. The predicted molar refractivity (Wildman–Crippen MR) is 104 cm³/mol. The molecule has 0 spiro atoms. The number of halogens is 5. The van der Waals surface area contributed by atoms with Gasteiger partial charge in [0.25, 0.3) is 12.3 Å². The number of carbonyl (C=O) groups is 1. The van der Waals surface area contributed by atoms with Crippen LogP contribution in [0, 0.1) is 11.3 Å². The number of nitriles is 1. The summed E-state index contributed by atoms with van der Waals surface area (Å²) in [6.45, 7) is -0.450. The van der Waals surface area contributed by atoms with E-state index in [1.54, 1.807) is 0 Å². The number of amides is 2. The van der Waals surface area contributed by atoms with E-state index in [1.165, 1.54) is 4.90 Å². The Bertz CT molecular complexity index is 1050. The molecule has 1 aromatic heterocycles. The van der Waals surface area contributed by atoms with Gasteiger partial charge in [-0.05, 0) is 12.5 Å². The molecule has 0 saturated carbocycles. The lowest BCUT2D eigenvalue weighted by molar-refractivity contribution is -0.0394. The van der Waals surface area contributed by atoms with Gasteiger partial charge in [-0.2, -0.15) is 19.1 Å². The number of allylic oxidation sites excluding steroid dienone is 1. The molecule has 2 unspecified atom stereocenters. The number of hydrogen-bond acceptors (Lipinski definition) is 5. The molecule has 3 atom stereocenters. The van der Waals surface area contributed by atoms with Crippen LogP contribution in [0.25, 0.3) is 0 Å². The monoisotopic (exact) mass is 472 g/mol. The number of aliphatic imine (C=N–C) groups is 1. The standard InChI is InChI=1S/C20H21F5N6O2/c21-14-13(1-7-27-15(14)17(22)23)28-18(32)30-8-2-12-11(9-30)16-20(24,25)4-3-19(33,5-6-26)10-31(16)29-12/h1,7,14-15,17,33H,2-5,8-10H2,(H,28,32)/t14?,15?,19-/m0/s1. The van der Waals surface area contributed by atoms with Crippen molar-refractivity contribution in [3.05, 3.63) is 28.7 Å². The highest BCUT2D eigenvalue weighted by atomic mass is 19.3. The molecule has 3 aliphatic heterocycles. The third-order valence-electron chi connectivity index (χ3n) is 6.11. The first-order chi connectivity index (χ1) is 15.5. The van der Waals surface area contributed by atoms with Gasteiger partial charge in [0.2, 0.25) is 0 Å². The highest BCUT2D eigenvalue weighted by Crippen LogP contribution is 2.43. The normalized spacial score (nSPS) is 28.4. The number of alkyl halides is 5. The van der Waals surface area contributed by atoms with Crippen LogP contribution in [0.4, 0.5) is 26.7 Å². The number of dihydropyridines is 1. The molecule has 0 radical (unpaired) electrons. The first-order valence-electron chi connectivity index (χ1n) is 10.3. The van der Waals surface area contributed by atoms with E-state index in [0.717, 1.165) is 17.0 Å². The van der Waals surface area contributed by atoms with E-state index < -0.39 is 48.3 Å². The van der Waals surface area contributed by atoms with Crippen molar-refractivity contribution in [3.63, 3.8) is 0 Å². The molecule has 0 fully saturated rings. The van der Waals surface area contributed by atoms with Gasteiger partial charge >= 0.3 is 6.03 Å². The SMILES string of the molecule is N#CC[C@@]1(O)CCC(F)(F)c2c3c(nn2C1)CCN(C(=O)NC1=CC=NC(C(F)F)C1F)C3. The van der Waals surface area contributed by atoms with Crippen LogP contribution in [0.15, 0.2) is 16.8 Å². The molecule has 0 aromatic carbocycles. The summed E-state index contributed by atoms with van der Waals surface area (Å²) in [6.07, 6.45) is -4.40. The van der Waals surface area contributed by atoms with Crippen molar-refractivity contribution < 1.29 is 31.9 Å². The zero-order valence-electron chi connectivity index (χ0n) is 17.3. The number of urea groups is 1. The third kappa shape index (κ3) is 4.31. The van der Waals surface area contributed by atoms with Crippen LogP contribution < -0.4 is 5.32 Å². The molecule has 2 amide bonds. The van der Waals surface area contributed by atoms with Crippen molar-refractivity contribution in [1.29, 1.82) is 5.26 Å². The van der Waals surface area contributed by atoms with Crippen LogP contribution >= 0.6 is 0 Å². The van der Waals surface area contributed by atoms with E-state index in [2.05, 4.69) is 15.4 Å². The number of rotatable bonds is 3. The topological polar surface area (TPSA) is 107 Å². The molecule has 4 rings (SSSR count). The Kier molecular flexibility index (Phi) is 5.90. The van der Waals surface area contributed by atoms with E-state index in [-0.39, 0.29) is 50.2 Å². The minimum atomic E-state index is -3.35. The fraction of sp³-hybridized carbons (Fsp3) is 0.600. The van der Waals surface area contributed by atoms with Crippen molar-refractivity contribution in [2.75, 3.05) is 6.54 Å². The maximum absolute atomic E-state index is 15.0. The van der Waals surface area contributed by atoms with Gasteiger partial charge in [0, 0.05) is 31.2 Å². The van der Waals surface area contributed by atoms with E-state index in [0.29, 0.717) is 5.69 Å². The number of aromatic nitrogens is 2. The Hall–Kier alpha value is -3.01. The number of nitrogens with zero attached hydrogens (tertiary/aromatic N) is 5. The molecule has 8 nitrogen and oxygen atoms in total. The van der Waals surface area contributed by atoms with Gasteiger partial charge in [0.05, 0.1) is 42.6 Å². The molecule has 3 aliphatic rings. The van der Waals surface area contributed by atoms with Crippen molar-refractivity contribution in [3.8, 4) is 6.07 Å². The summed E-state index contributed by atoms with van der Waals surface area (Å²) in [6, 6.07) is -0.947. The first kappa shape index (κ1) is 23.2.